The van der Waals surface area contributed by atoms with Crippen molar-refractivity contribution >= 4 is 5.91 Å². The van der Waals surface area contributed by atoms with E-state index in [1.807, 2.05) is 6.07 Å². The number of amides is 1. The summed E-state index contributed by atoms with van der Waals surface area (Å²) in [6, 6.07) is 8.88. The third-order valence-electron chi connectivity index (χ3n) is 1.82. The molecule has 0 aliphatic rings. The fourth-order valence-corrected chi connectivity index (χ4v) is 1.07. The van der Waals surface area contributed by atoms with E-state index < -0.39 is 0 Å². The summed E-state index contributed by atoms with van der Waals surface area (Å²) < 4.78 is 5.34. The Hall–Kier alpha value is -2.28. The van der Waals surface area contributed by atoms with Crippen LogP contribution in [0.5, 0.6) is 5.75 Å². The molecule has 4 nitrogen and oxygen atoms in total. The first kappa shape index (κ1) is 11.8. The van der Waals surface area contributed by atoms with Crippen LogP contribution >= 0.6 is 0 Å². The number of nitriles is 1. The molecule has 1 amide bonds. The van der Waals surface area contributed by atoms with Crippen molar-refractivity contribution in [1.82, 2.24) is 5.32 Å². The zero-order valence-corrected chi connectivity index (χ0v) is 8.77. The molecule has 0 radical (unpaired) electrons. The highest BCUT2D eigenvalue weighted by Gasteiger charge is 1.96. The van der Waals surface area contributed by atoms with Gasteiger partial charge < -0.3 is 10.1 Å². The Morgan fingerprint density at radius 1 is 1.62 bits per heavy atom. The maximum atomic E-state index is 10.8. The van der Waals surface area contributed by atoms with Gasteiger partial charge in [-0.25, -0.2) is 0 Å². The van der Waals surface area contributed by atoms with E-state index in [0.717, 1.165) is 0 Å². The Balaban J connectivity index is 2.35. The molecule has 0 spiro atoms. The lowest BCUT2D eigenvalue weighted by Crippen LogP contribution is -2.26. The second kappa shape index (κ2) is 6.25. The first-order valence-corrected chi connectivity index (χ1v) is 4.79. The first-order chi connectivity index (χ1) is 7.76. The van der Waals surface area contributed by atoms with Gasteiger partial charge in [-0.05, 0) is 24.3 Å². The van der Waals surface area contributed by atoms with Crippen LogP contribution in [0.25, 0.3) is 0 Å². The molecule has 16 heavy (non-hydrogen) atoms. The molecule has 0 unspecified atom stereocenters. The van der Waals surface area contributed by atoms with Crippen LogP contribution in [-0.2, 0) is 4.79 Å². The van der Waals surface area contributed by atoms with E-state index in [4.69, 9.17) is 10.00 Å². The van der Waals surface area contributed by atoms with Gasteiger partial charge >= 0.3 is 0 Å². The Morgan fingerprint density at radius 3 is 3.12 bits per heavy atom. The van der Waals surface area contributed by atoms with E-state index in [-0.39, 0.29) is 5.91 Å². The minimum Gasteiger partial charge on any atom is -0.492 e. The Morgan fingerprint density at radius 2 is 2.44 bits per heavy atom. The molecule has 0 aliphatic heterocycles. The highest BCUT2D eigenvalue weighted by Crippen LogP contribution is 2.11. The van der Waals surface area contributed by atoms with Gasteiger partial charge in [-0.1, -0.05) is 12.6 Å². The van der Waals surface area contributed by atoms with Crippen molar-refractivity contribution in [3.63, 3.8) is 0 Å². The summed E-state index contributed by atoms with van der Waals surface area (Å²) in [4.78, 5) is 10.8. The Kier molecular flexibility index (Phi) is 4.61. The molecule has 0 saturated heterocycles. The van der Waals surface area contributed by atoms with Crippen molar-refractivity contribution in [3.05, 3.63) is 42.5 Å². The molecule has 0 atom stereocenters. The number of hydrogen-bond acceptors (Lipinski definition) is 3. The third kappa shape index (κ3) is 3.84. The Labute approximate surface area is 94.1 Å². The fraction of sp³-hybridized carbons (Fsp3) is 0.167. The maximum Gasteiger partial charge on any atom is 0.243 e. The van der Waals surface area contributed by atoms with Crippen molar-refractivity contribution in [3.8, 4) is 11.8 Å². The van der Waals surface area contributed by atoms with Gasteiger partial charge in [-0.15, -0.1) is 0 Å². The number of nitrogens with zero attached hydrogens (tertiary/aromatic N) is 1. The number of carbonyl (C=O) groups is 1. The van der Waals surface area contributed by atoms with Crippen molar-refractivity contribution < 1.29 is 9.53 Å². The zero-order chi connectivity index (χ0) is 11.8. The summed E-state index contributed by atoms with van der Waals surface area (Å²) in [5, 5.41) is 11.2. The second-order valence-electron chi connectivity index (χ2n) is 2.98. The lowest BCUT2D eigenvalue weighted by molar-refractivity contribution is -0.116. The number of nitrogens with one attached hydrogen (secondary N) is 1. The molecule has 0 bridgehead atoms. The minimum absolute atomic E-state index is 0.227. The number of hydrogen-bond donors (Lipinski definition) is 1. The molecule has 0 heterocycles. The van der Waals surface area contributed by atoms with Crippen LogP contribution in [0.15, 0.2) is 36.9 Å². The van der Waals surface area contributed by atoms with Crippen LogP contribution in [-0.4, -0.2) is 19.1 Å². The summed E-state index contributed by atoms with van der Waals surface area (Å²) in [5.74, 6) is 0.390. The molecule has 0 saturated carbocycles. The van der Waals surface area contributed by atoms with Crippen molar-refractivity contribution in [2.45, 2.75) is 0 Å². The summed E-state index contributed by atoms with van der Waals surface area (Å²) >= 11 is 0. The molecule has 1 rings (SSSR count). The van der Waals surface area contributed by atoms with Crippen molar-refractivity contribution in [2.75, 3.05) is 13.2 Å². The molecular formula is C12H12N2O2. The number of rotatable bonds is 5. The summed E-state index contributed by atoms with van der Waals surface area (Å²) in [6.45, 7) is 4.09. The van der Waals surface area contributed by atoms with Crippen molar-refractivity contribution in [1.29, 1.82) is 5.26 Å². The average molecular weight is 216 g/mol. The number of benzene rings is 1. The standard InChI is InChI=1S/C12H12N2O2/c1-2-12(15)14-6-7-16-11-5-3-4-10(8-11)9-13/h2-5,8H,1,6-7H2,(H,14,15). The lowest BCUT2D eigenvalue weighted by atomic mass is 10.2. The molecule has 82 valence electrons. The maximum absolute atomic E-state index is 10.8. The normalized spacial score (nSPS) is 8.94. The molecule has 1 aromatic rings. The second-order valence-corrected chi connectivity index (χ2v) is 2.98. The van der Waals surface area contributed by atoms with E-state index in [9.17, 15) is 4.79 Å². The van der Waals surface area contributed by atoms with E-state index in [2.05, 4.69) is 11.9 Å². The van der Waals surface area contributed by atoms with Gasteiger partial charge in [0.15, 0.2) is 0 Å². The minimum atomic E-state index is -0.227. The predicted molar refractivity (Wildman–Crippen MR) is 59.9 cm³/mol. The number of carbonyl (C=O) groups excluding carboxylic acids is 1. The smallest absolute Gasteiger partial charge is 0.243 e. The molecule has 1 aromatic carbocycles. The highest BCUT2D eigenvalue weighted by molar-refractivity contribution is 5.86. The quantitative estimate of drug-likeness (QED) is 0.595. The molecule has 0 aliphatic carbocycles. The average Bonchev–Trinajstić information content (AvgIpc) is 2.34. The van der Waals surface area contributed by atoms with Gasteiger partial charge in [0.05, 0.1) is 18.2 Å². The van der Waals surface area contributed by atoms with E-state index >= 15 is 0 Å². The van der Waals surface area contributed by atoms with Gasteiger partial charge in [0, 0.05) is 0 Å². The third-order valence-corrected chi connectivity index (χ3v) is 1.82. The van der Waals surface area contributed by atoms with Crippen LogP contribution in [0.2, 0.25) is 0 Å². The van der Waals surface area contributed by atoms with Crippen LogP contribution in [0.4, 0.5) is 0 Å². The van der Waals surface area contributed by atoms with E-state index in [0.29, 0.717) is 24.5 Å². The molecular weight excluding hydrogens is 204 g/mol. The molecule has 0 fully saturated rings. The zero-order valence-electron chi connectivity index (χ0n) is 8.77. The van der Waals surface area contributed by atoms with Gasteiger partial charge in [0.25, 0.3) is 0 Å². The lowest BCUT2D eigenvalue weighted by Gasteiger charge is -2.06. The van der Waals surface area contributed by atoms with Crippen LogP contribution < -0.4 is 10.1 Å². The molecule has 4 heteroatoms. The topological polar surface area (TPSA) is 62.1 Å². The van der Waals surface area contributed by atoms with Gasteiger partial charge in [-0.2, -0.15) is 5.26 Å². The Bertz CT molecular complexity index is 421. The van der Waals surface area contributed by atoms with Gasteiger partial charge in [0.1, 0.15) is 12.4 Å². The molecule has 1 N–H and O–H groups in total. The fourth-order valence-electron chi connectivity index (χ4n) is 1.07. The van der Waals surface area contributed by atoms with E-state index in [1.54, 1.807) is 24.3 Å². The SMILES string of the molecule is C=CC(=O)NCCOc1cccc(C#N)c1. The largest absolute Gasteiger partial charge is 0.492 e. The van der Waals surface area contributed by atoms with Crippen LogP contribution in [0.3, 0.4) is 0 Å². The van der Waals surface area contributed by atoms with Gasteiger partial charge in [0.2, 0.25) is 5.91 Å². The predicted octanol–water partition coefficient (Wildman–Crippen LogP) is 1.24. The summed E-state index contributed by atoms with van der Waals surface area (Å²) in [6.07, 6.45) is 1.20. The van der Waals surface area contributed by atoms with E-state index in [1.165, 1.54) is 6.08 Å². The number of ether oxygens (including phenoxy) is 1. The first-order valence-electron chi connectivity index (χ1n) is 4.79. The van der Waals surface area contributed by atoms with Crippen LogP contribution in [0.1, 0.15) is 5.56 Å². The highest BCUT2D eigenvalue weighted by atomic mass is 16.5. The summed E-state index contributed by atoms with van der Waals surface area (Å²) in [5.41, 5.74) is 0.549. The molecule has 0 aromatic heterocycles. The monoisotopic (exact) mass is 216 g/mol. The summed E-state index contributed by atoms with van der Waals surface area (Å²) in [7, 11) is 0. The van der Waals surface area contributed by atoms with Gasteiger partial charge in [-0.3, -0.25) is 4.79 Å². The van der Waals surface area contributed by atoms with Crippen molar-refractivity contribution in [2.24, 2.45) is 0 Å². The van der Waals surface area contributed by atoms with Crippen LogP contribution in [0, 0.1) is 11.3 Å².